The second-order valence-electron chi connectivity index (χ2n) is 6.09. The van der Waals surface area contributed by atoms with Crippen LogP contribution in [0.15, 0.2) is 54.6 Å². The molecule has 0 atom stereocenters. The summed E-state index contributed by atoms with van der Waals surface area (Å²) in [6, 6.07) is 16.4. The average molecular weight is 297 g/mol. The molecule has 2 nitrogen and oxygen atoms in total. The molecule has 0 unspecified atom stereocenters. The van der Waals surface area contributed by atoms with Crippen molar-refractivity contribution in [3.05, 3.63) is 71.5 Å². The van der Waals surface area contributed by atoms with Crippen molar-refractivity contribution in [2.24, 2.45) is 0 Å². The van der Waals surface area contributed by atoms with Crippen LogP contribution in [0, 0.1) is 5.82 Å². The Balaban J connectivity index is 1.82. The molecule has 3 rings (SSSR count). The number of carbonyl (C=O) groups excluding carboxylic acids is 1. The Bertz CT molecular complexity index is 664. The number of likely N-dealkylation sites (N-methyl/N-ethyl adjacent to an activating group) is 1. The molecule has 1 aliphatic rings. The third-order valence-corrected chi connectivity index (χ3v) is 4.60. The molecule has 0 radical (unpaired) electrons. The highest BCUT2D eigenvalue weighted by molar-refractivity contribution is 5.89. The smallest absolute Gasteiger partial charge is 0.233 e. The summed E-state index contributed by atoms with van der Waals surface area (Å²) in [5, 5.41) is 0. The molecule has 0 bridgehead atoms. The summed E-state index contributed by atoms with van der Waals surface area (Å²) in [5.74, 6) is -0.185. The summed E-state index contributed by atoms with van der Waals surface area (Å²) < 4.78 is 13.5. The van der Waals surface area contributed by atoms with Crippen LogP contribution in [0.25, 0.3) is 0 Å². The Morgan fingerprint density at radius 2 is 1.86 bits per heavy atom. The lowest BCUT2D eigenvalue weighted by atomic mass is 9.63. The summed E-state index contributed by atoms with van der Waals surface area (Å²) in [4.78, 5) is 14.7. The van der Waals surface area contributed by atoms with Crippen molar-refractivity contribution >= 4 is 5.91 Å². The van der Waals surface area contributed by atoms with Crippen LogP contribution in [-0.2, 0) is 16.8 Å². The largest absolute Gasteiger partial charge is 0.341 e. The Morgan fingerprint density at radius 3 is 2.45 bits per heavy atom. The molecule has 0 aromatic heterocycles. The summed E-state index contributed by atoms with van der Waals surface area (Å²) >= 11 is 0. The molecule has 0 heterocycles. The molecule has 1 fully saturated rings. The van der Waals surface area contributed by atoms with Crippen molar-refractivity contribution in [1.29, 1.82) is 0 Å². The second kappa shape index (κ2) is 5.91. The van der Waals surface area contributed by atoms with Gasteiger partial charge in [-0.05, 0) is 36.1 Å². The summed E-state index contributed by atoms with van der Waals surface area (Å²) in [5.41, 5.74) is 1.38. The zero-order valence-electron chi connectivity index (χ0n) is 12.8. The van der Waals surface area contributed by atoms with Crippen LogP contribution < -0.4 is 0 Å². The van der Waals surface area contributed by atoms with Crippen LogP contribution in [0.2, 0.25) is 0 Å². The Morgan fingerprint density at radius 1 is 1.14 bits per heavy atom. The topological polar surface area (TPSA) is 20.3 Å². The second-order valence-corrected chi connectivity index (χ2v) is 6.09. The highest BCUT2D eigenvalue weighted by Gasteiger charge is 2.47. The number of benzene rings is 2. The molecule has 3 heteroatoms. The maximum absolute atomic E-state index is 13.5. The van der Waals surface area contributed by atoms with E-state index in [1.54, 1.807) is 11.0 Å². The van der Waals surface area contributed by atoms with Gasteiger partial charge in [-0.2, -0.15) is 0 Å². The first-order valence-electron chi connectivity index (χ1n) is 7.67. The molecule has 0 N–H and O–H groups in total. The number of amides is 1. The predicted octanol–water partition coefficient (Wildman–Crippen LogP) is 3.91. The van der Waals surface area contributed by atoms with Crippen molar-refractivity contribution in [3.63, 3.8) is 0 Å². The first kappa shape index (κ1) is 14.8. The number of nitrogens with zero attached hydrogens (tertiary/aromatic N) is 1. The van der Waals surface area contributed by atoms with E-state index in [0.29, 0.717) is 6.54 Å². The molecule has 22 heavy (non-hydrogen) atoms. The zero-order valence-corrected chi connectivity index (χ0v) is 12.8. The minimum atomic E-state index is -0.536. The SMILES string of the molecule is CN(Cc1ccccc1)C(=O)C1(c2cccc(F)c2)CCC1. The normalized spacial score (nSPS) is 15.9. The van der Waals surface area contributed by atoms with Crippen LogP contribution in [0.3, 0.4) is 0 Å². The van der Waals surface area contributed by atoms with E-state index in [9.17, 15) is 9.18 Å². The molecule has 0 spiro atoms. The summed E-state index contributed by atoms with van der Waals surface area (Å²) in [7, 11) is 1.83. The monoisotopic (exact) mass is 297 g/mol. The lowest BCUT2D eigenvalue weighted by Gasteiger charge is -2.43. The zero-order chi connectivity index (χ0) is 15.6. The van der Waals surface area contributed by atoms with Crippen molar-refractivity contribution in [3.8, 4) is 0 Å². The Labute approximate surface area is 130 Å². The highest BCUT2D eigenvalue weighted by atomic mass is 19.1. The molecule has 2 aromatic rings. The lowest BCUT2D eigenvalue weighted by Crippen LogP contribution is -2.49. The van der Waals surface area contributed by atoms with Crippen LogP contribution in [0.1, 0.15) is 30.4 Å². The predicted molar refractivity (Wildman–Crippen MR) is 84.8 cm³/mol. The van der Waals surface area contributed by atoms with Crippen molar-refractivity contribution in [2.75, 3.05) is 7.05 Å². The molecule has 0 saturated heterocycles. The summed E-state index contributed by atoms with van der Waals surface area (Å²) in [6.07, 6.45) is 2.62. The van der Waals surface area contributed by atoms with Crippen LogP contribution in [-0.4, -0.2) is 17.9 Å². The van der Waals surface area contributed by atoms with Crippen molar-refractivity contribution < 1.29 is 9.18 Å². The highest BCUT2D eigenvalue weighted by Crippen LogP contribution is 2.45. The van der Waals surface area contributed by atoms with E-state index in [4.69, 9.17) is 0 Å². The van der Waals surface area contributed by atoms with E-state index >= 15 is 0 Å². The third kappa shape index (κ3) is 2.63. The van der Waals surface area contributed by atoms with E-state index < -0.39 is 5.41 Å². The first-order chi connectivity index (χ1) is 10.6. The molecule has 1 amide bonds. The number of hydrogen-bond acceptors (Lipinski definition) is 1. The Hall–Kier alpha value is -2.16. The number of rotatable bonds is 4. The molecular formula is C19H20FNO. The van der Waals surface area contributed by atoms with Crippen LogP contribution in [0.4, 0.5) is 4.39 Å². The van der Waals surface area contributed by atoms with Gasteiger partial charge in [0.25, 0.3) is 0 Å². The minimum absolute atomic E-state index is 0.0909. The van der Waals surface area contributed by atoms with Gasteiger partial charge in [0, 0.05) is 13.6 Å². The fraction of sp³-hybridized carbons (Fsp3) is 0.316. The lowest BCUT2D eigenvalue weighted by molar-refractivity contribution is -0.140. The number of carbonyl (C=O) groups is 1. The van der Waals surface area contributed by atoms with Crippen LogP contribution >= 0.6 is 0 Å². The van der Waals surface area contributed by atoms with Crippen LogP contribution in [0.5, 0.6) is 0 Å². The van der Waals surface area contributed by atoms with Gasteiger partial charge in [-0.3, -0.25) is 4.79 Å². The van der Waals surface area contributed by atoms with Gasteiger partial charge in [0.15, 0.2) is 0 Å². The minimum Gasteiger partial charge on any atom is -0.341 e. The fourth-order valence-corrected chi connectivity index (χ4v) is 3.24. The molecule has 1 aliphatic carbocycles. The van der Waals surface area contributed by atoms with E-state index in [-0.39, 0.29) is 11.7 Å². The van der Waals surface area contributed by atoms with E-state index in [1.165, 1.54) is 12.1 Å². The molecular weight excluding hydrogens is 277 g/mol. The van der Waals surface area contributed by atoms with Gasteiger partial charge in [0.05, 0.1) is 5.41 Å². The number of halogens is 1. The van der Waals surface area contributed by atoms with Gasteiger partial charge in [-0.1, -0.05) is 48.9 Å². The Kier molecular flexibility index (Phi) is 3.97. The first-order valence-corrected chi connectivity index (χ1v) is 7.67. The maximum atomic E-state index is 13.5. The fourth-order valence-electron chi connectivity index (χ4n) is 3.24. The molecule has 0 aliphatic heterocycles. The van der Waals surface area contributed by atoms with E-state index in [1.807, 2.05) is 43.4 Å². The van der Waals surface area contributed by atoms with Gasteiger partial charge in [0.1, 0.15) is 5.82 Å². The maximum Gasteiger partial charge on any atom is 0.233 e. The quantitative estimate of drug-likeness (QED) is 0.838. The van der Waals surface area contributed by atoms with Gasteiger partial charge in [-0.25, -0.2) is 4.39 Å². The van der Waals surface area contributed by atoms with Crippen molar-refractivity contribution in [2.45, 2.75) is 31.2 Å². The van der Waals surface area contributed by atoms with Gasteiger partial charge in [-0.15, -0.1) is 0 Å². The third-order valence-electron chi connectivity index (χ3n) is 4.60. The van der Waals surface area contributed by atoms with E-state index in [2.05, 4.69) is 0 Å². The van der Waals surface area contributed by atoms with Gasteiger partial charge in [0.2, 0.25) is 5.91 Å². The molecule has 114 valence electrons. The van der Waals surface area contributed by atoms with E-state index in [0.717, 1.165) is 30.4 Å². The molecule has 1 saturated carbocycles. The average Bonchev–Trinajstić information content (AvgIpc) is 2.47. The number of hydrogen-bond donors (Lipinski definition) is 0. The molecule has 2 aromatic carbocycles. The standard InChI is InChI=1S/C19H20FNO/c1-21(14-15-7-3-2-4-8-15)18(22)19(11-6-12-19)16-9-5-10-17(20)13-16/h2-5,7-10,13H,6,11-12,14H2,1H3. The van der Waals surface area contributed by atoms with Gasteiger partial charge >= 0.3 is 0 Å². The summed E-state index contributed by atoms with van der Waals surface area (Å²) in [6.45, 7) is 0.580. The van der Waals surface area contributed by atoms with Gasteiger partial charge < -0.3 is 4.90 Å². The van der Waals surface area contributed by atoms with Crippen molar-refractivity contribution in [1.82, 2.24) is 4.90 Å².